The molecule has 0 fully saturated rings. The zero-order valence-corrected chi connectivity index (χ0v) is 11.8. The third kappa shape index (κ3) is 4.39. The van der Waals surface area contributed by atoms with E-state index in [4.69, 9.17) is 10.5 Å². The summed E-state index contributed by atoms with van der Waals surface area (Å²) in [6.45, 7) is 0.174. The highest BCUT2D eigenvalue weighted by Crippen LogP contribution is 2.13. The first kappa shape index (κ1) is 15.7. The van der Waals surface area contributed by atoms with Gasteiger partial charge in [-0.3, -0.25) is 14.9 Å². The number of nitrogens with two attached hydrogens (primary N) is 1. The molecule has 0 aliphatic carbocycles. The molecule has 6 nitrogen and oxygen atoms in total. The van der Waals surface area contributed by atoms with Gasteiger partial charge in [0.25, 0.3) is 5.69 Å². The Morgan fingerprint density at radius 2 is 1.73 bits per heavy atom. The molecular weight excluding hydrogens is 284 g/mol. The van der Waals surface area contributed by atoms with Gasteiger partial charge in [-0.15, -0.1) is 0 Å². The van der Waals surface area contributed by atoms with Gasteiger partial charge in [0.1, 0.15) is 12.6 Å². The minimum atomic E-state index is -0.801. The van der Waals surface area contributed by atoms with Crippen molar-refractivity contribution in [2.24, 2.45) is 5.73 Å². The van der Waals surface area contributed by atoms with Crippen LogP contribution >= 0.6 is 0 Å². The lowest BCUT2D eigenvalue weighted by Crippen LogP contribution is -2.34. The van der Waals surface area contributed by atoms with Gasteiger partial charge >= 0.3 is 5.97 Å². The van der Waals surface area contributed by atoms with E-state index in [9.17, 15) is 14.9 Å². The van der Waals surface area contributed by atoms with Gasteiger partial charge in [-0.1, -0.05) is 42.5 Å². The lowest BCUT2D eigenvalue weighted by atomic mass is 10.1. The fraction of sp³-hybridized carbons (Fsp3) is 0.188. The molecule has 0 aromatic heterocycles. The Bertz CT molecular complexity index is 641. The average molecular weight is 300 g/mol. The summed E-state index contributed by atoms with van der Waals surface area (Å²) in [5.41, 5.74) is 7.44. The summed E-state index contributed by atoms with van der Waals surface area (Å²) in [7, 11) is 0. The fourth-order valence-electron chi connectivity index (χ4n) is 1.93. The SMILES string of the molecule is NC(Cc1ccc([N+](=O)[O-])cc1)C(=O)OCc1ccccc1. The van der Waals surface area contributed by atoms with Crippen molar-refractivity contribution in [1.82, 2.24) is 0 Å². The molecule has 6 heteroatoms. The number of ether oxygens (including phenoxy) is 1. The van der Waals surface area contributed by atoms with Crippen molar-refractivity contribution in [2.45, 2.75) is 19.1 Å². The van der Waals surface area contributed by atoms with Crippen molar-refractivity contribution >= 4 is 11.7 Å². The van der Waals surface area contributed by atoms with Crippen LogP contribution in [0, 0.1) is 10.1 Å². The Balaban J connectivity index is 1.86. The van der Waals surface area contributed by atoms with E-state index in [2.05, 4.69) is 0 Å². The first-order valence-corrected chi connectivity index (χ1v) is 6.76. The van der Waals surface area contributed by atoms with Crippen LogP contribution in [0.25, 0.3) is 0 Å². The Kier molecular flexibility index (Phi) is 5.21. The van der Waals surface area contributed by atoms with E-state index in [1.54, 1.807) is 12.1 Å². The standard InChI is InChI=1S/C16H16N2O4/c17-15(10-12-6-8-14(9-7-12)18(20)21)16(19)22-11-13-4-2-1-3-5-13/h1-9,15H,10-11,17H2. The van der Waals surface area contributed by atoms with Gasteiger partial charge in [-0.25, -0.2) is 0 Å². The van der Waals surface area contributed by atoms with Crippen molar-refractivity contribution < 1.29 is 14.5 Å². The number of carbonyl (C=O) groups is 1. The first-order valence-electron chi connectivity index (χ1n) is 6.76. The zero-order chi connectivity index (χ0) is 15.9. The highest BCUT2D eigenvalue weighted by atomic mass is 16.6. The minimum Gasteiger partial charge on any atom is -0.460 e. The Morgan fingerprint density at radius 3 is 2.32 bits per heavy atom. The van der Waals surface area contributed by atoms with E-state index >= 15 is 0 Å². The molecule has 114 valence electrons. The third-order valence-corrected chi connectivity index (χ3v) is 3.13. The molecule has 1 atom stereocenters. The van der Waals surface area contributed by atoms with Crippen LogP contribution in [0.2, 0.25) is 0 Å². The van der Waals surface area contributed by atoms with Crippen molar-refractivity contribution in [1.29, 1.82) is 0 Å². The summed E-state index contributed by atoms with van der Waals surface area (Å²) in [6.07, 6.45) is 0.269. The molecule has 0 aliphatic heterocycles. The smallest absolute Gasteiger partial charge is 0.323 e. The maximum atomic E-state index is 11.8. The predicted octanol–water partition coefficient (Wildman–Crippen LogP) is 2.21. The van der Waals surface area contributed by atoms with Crippen LogP contribution in [0.15, 0.2) is 54.6 Å². The molecule has 0 bridgehead atoms. The molecule has 0 amide bonds. The zero-order valence-electron chi connectivity index (χ0n) is 11.8. The van der Waals surface area contributed by atoms with Crippen LogP contribution in [-0.2, 0) is 22.6 Å². The largest absolute Gasteiger partial charge is 0.460 e. The van der Waals surface area contributed by atoms with Crippen LogP contribution in [0.5, 0.6) is 0 Å². The molecule has 0 spiro atoms. The topological polar surface area (TPSA) is 95.5 Å². The molecule has 0 aliphatic rings. The number of non-ortho nitro benzene ring substituents is 1. The maximum Gasteiger partial charge on any atom is 0.323 e. The molecule has 22 heavy (non-hydrogen) atoms. The van der Waals surface area contributed by atoms with Crippen LogP contribution < -0.4 is 5.73 Å². The summed E-state index contributed by atoms with van der Waals surface area (Å²) >= 11 is 0. The van der Waals surface area contributed by atoms with E-state index < -0.39 is 16.9 Å². The molecule has 2 aromatic carbocycles. The van der Waals surface area contributed by atoms with Gasteiger partial charge in [0.2, 0.25) is 0 Å². The number of carbonyl (C=O) groups excluding carboxylic acids is 1. The number of rotatable bonds is 6. The Morgan fingerprint density at radius 1 is 1.09 bits per heavy atom. The summed E-state index contributed by atoms with van der Waals surface area (Å²) in [6, 6.07) is 14.5. The van der Waals surface area contributed by atoms with E-state index in [-0.39, 0.29) is 18.7 Å². The number of nitro groups is 1. The van der Waals surface area contributed by atoms with Gasteiger partial charge in [-0.05, 0) is 17.5 Å². The third-order valence-electron chi connectivity index (χ3n) is 3.13. The summed E-state index contributed by atoms with van der Waals surface area (Å²) < 4.78 is 5.15. The Hall–Kier alpha value is -2.73. The van der Waals surface area contributed by atoms with E-state index in [1.807, 2.05) is 30.3 Å². The molecule has 1 unspecified atom stereocenters. The molecule has 2 aromatic rings. The predicted molar refractivity (Wildman–Crippen MR) is 81.0 cm³/mol. The second-order valence-corrected chi connectivity index (χ2v) is 4.83. The minimum absolute atomic E-state index is 0.00368. The quantitative estimate of drug-likeness (QED) is 0.501. The summed E-state index contributed by atoms with van der Waals surface area (Å²) in [4.78, 5) is 21.9. The molecule has 0 saturated heterocycles. The molecule has 0 heterocycles. The number of benzene rings is 2. The van der Waals surface area contributed by atoms with Gasteiger partial charge in [0, 0.05) is 12.1 Å². The van der Waals surface area contributed by atoms with Gasteiger partial charge in [-0.2, -0.15) is 0 Å². The van der Waals surface area contributed by atoms with Crippen LogP contribution in [0.4, 0.5) is 5.69 Å². The highest BCUT2D eigenvalue weighted by molar-refractivity contribution is 5.75. The average Bonchev–Trinajstić information content (AvgIpc) is 2.54. The molecule has 2 N–H and O–H groups in total. The number of hydrogen-bond donors (Lipinski definition) is 1. The van der Waals surface area contributed by atoms with Crippen LogP contribution in [-0.4, -0.2) is 16.9 Å². The second kappa shape index (κ2) is 7.33. The van der Waals surface area contributed by atoms with Crippen molar-refractivity contribution in [3.05, 3.63) is 75.8 Å². The van der Waals surface area contributed by atoms with Crippen LogP contribution in [0.1, 0.15) is 11.1 Å². The first-order chi connectivity index (χ1) is 10.6. The molecule has 2 rings (SSSR count). The van der Waals surface area contributed by atoms with Gasteiger partial charge < -0.3 is 10.5 Å². The Labute approximate surface area is 127 Å². The molecular formula is C16H16N2O4. The number of hydrogen-bond acceptors (Lipinski definition) is 5. The van der Waals surface area contributed by atoms with Gasteiger partial charge in [0.05, 0.1) is 4.92 Å². The normalized spacial score (nSPS) is 11.7. The lowest BCUT2D eigenvalue weighted by Gasteiger charge is -2.11. The van der Waals surface area contributed by atoms with Crippen molar-refractivity contribution in [3.8, 4) is 0 Å². The van der Waals surface area contributed by atoms with Crippen molar-refractivity contribution in [2.75, 3.05) is 0 Å². The van der Waals surface area contributed by atoms with E-state index in [1.165, 1.54) is 12.1 Å². The van der Waals surface area contributed by atoms with Gasteiger partial charge in [0.15, 0.2) is 0 Å². The maximum absolute atomic E-state index is 11.8. The summed E-state index contributed by atoms with van der Waals surface area (Å²) in [5.74, 6) is -0.498. The number of nitrogens with zero attached hydrogens (tertiary/aromatic N) is 1. The van der Waals surface area contributed by atoms with E-state index in [0.717, 1.165) is 11.1 Å². The van der Waals surface area contributed by atoms with Crippen LogP contribution in [0.3, 0.4) is 0 Å². The molecule has 0 saturated carbocycles. The highest BCUT2D eigenvalue weighted by Gasteiger charge is 2.16. The second-order valence-electron chi connectivity index (χ2n) is 4.83. The van der Waals surface area contributed by atoms with Crippen molar-refractivity contribution in [3.63, 3.8) is 0 Å². The number of nitro benzene ring substituents is 1. The lowest BCUT2D eigenvalue weighted by molar-refractivity contribution is -0.384. The fourth-order valence-corrected chi connectivity index (χ4v) is 1.93. The monoisotopic (exact) mass is 300 g/mol. The number of esters is 1. The van der Waals surface area contributed by atoms with E-state index in [0.29, 0.717) is 0 Å². The summed E-state index contributed by atoms with van der Waals surface area (Å²) in [5, 5.41) is 10.6. The molecule has 0 radical (unpaired) electrons.